The highest BCUT2D eigenvalue weighted by Crippen LogP contribution is 2.11. The van der Waals surface area contributed by atoms with Crippen LogP contribution in [-0.2, 0) is 0 Å². The molecule has 2 heterocycles. The maximum atomic E-state index is 8.98. The lowest BCUT2D eigenvalue weighted by Crippen LogP contribution is -2.25. The van der Waals surface area contributed by atoms with Crippen molar-refractivity contribution in [1.82, 2.24) is 24.7 Å². The van der Waals surface area contributed by atoms with Crippen LogP contribution in [-0.4, -0.2) is 56.6 Å². The maximum absolute atomic E-state index is 8.98. The zero-order valence-electron chi connectivity index (χ0n) is 11.0. The minimum atomic E-state index is 0.0375. The van der Waals surface area contributed by atoms with Gasteiger partial charge in [0, 0.05) is 32.5 Å². The van der Waals surface area contributed by atoms with Crippen molar-refractivity contribution in [3.05, 3.63) is 18.5 Å². The molecule has 0 spiro atoms. The molecule has 0 aliphatic rings. The van der Waals surface area contributed by atoms with E-state index in [-0.39, 0.29) is 6.61 Å². The van der Waals surface area contributed by atoms with Gasteiger partial charge in [0.1, 0.15) is 0 Å². The summed E-state index contributed by atoms with van der Waals surface area (Å²) >= 11 is 0. The van der Waals surface area contributed by atoms with Gasteiger partial charge in [-0.2, -0.15) is 20.1 Å². The molecule has 0 saturated heterocycles. The number of aliphatic hydroxyl groups is 1. The highest BCUT2D eigenvalue weighted by Gasteiger charge is 2.11. The monoisotopic (exact) mass is 263 g/mol. The van der Waals surface area contributed by atoms with Gasteiger partial charge in [0.2, 0.25) is 11.9 Å². The van der Waals surface area contributed by atoms with E-state index in [9.17, 15) is 0 Å². The summed E-state index contributed by atoms with van der Waals surface area (Å²) in [7, 11) is 1.81. The SMILES string of the molecule is CCNc1nc(N(C)CCO)nc(-n2cccn2)n1. The molecule has 0 bridgehead atoms. The number of hydrogen-bond acceptors (Lipinski definition) is 7. The molecule has 0 aromatic carbocycles. The van der Waals surface area contributed by atoms with Crippen LogP contribution in [0.1, 0.15) is 6.92 Å². The van der Waals surface area contributed by atoms with Crippen molar-refractivity contribution in [2.45, 2.75) is 6.92 Å². The van der Waals surface area contributed by atoms with Crippen LogP contribution < -0.4 is 10.2 Å². The van der Waals surface area contributed by atoms with Crippen molar-refractivity contribution in [2.24, 2.45) is 0 Å². The van der Waals surface area contributed by atoms with Gasteiger partial charge < -0.3 is 15.3 Å². The third-order valence-corrected chi connectivity index (χ3v) is 2.43. The minimum Gasteiger partial charge on any atom is -0.395 e. The van der Waals surface area contributed by atoms with Crippen LogP contribution in [0.15, 0.2) is 18.5 Å². The summed E-state index contributed by atoms with van der Waals surface area (Å²) < 4.78 is 1.57. The normalized spacial score (nSPS) is 10.5. The van der Waals surface area contributed by atoms with Crippen molar-refractivity contribution in [3.8, 4) is 5.95 Å². The summed E-state index contributed by atoms with van der Waals surface area (Å²) in [6.45, 7) is 3.17. The van der Waals surface area contributed by atoms with E-state index in [1.165, 1.54) is 0 Å². The molecule has 0 aliphatic carbocycles. The number of aliphatic hydroxyl groups excluding tert-OH is 1. The van der Waals surface area contributed by atoms with Crippen LogP contribution in [0.5, 0.6) is 0 Å². The van der Waals surface area contributed by atoms with Crippen molar-refractivity contribution in [1.29, 1.82) is 0 Å². The largest absolute Gasteiger partial charge is 0.395 e. The van der Waals surface area contributed by atoms with Crippen LogP contribution in [0.3, 0.4) is 0 Å². The first kappa shape index (κ1) is 13.2. The summed E-state index contributed by atoms with van der Waals surface area (Å²) in [5.41, 5.74) is 0. The molecule has 0 fully saturated rings. The Morgan fingerprint density at radius 2 is 2.21 bits per heavy atom. The Kier molecular flexibility index (Phi) is 4.24. The number of nitrogens with zero attached hydrogens (tertiary/aromatic N) is 6. The van der Waals surface area contributed by atoms with E-state index in [1.54, 1.807) is 28.0 Å². The average Bonchev–Trinajstić information content (AvgIpc) is 2.93. The molecule has 8 heteroatoms. The molecular weight excluding hydrogens is 246 g/mol. The Bertz CT molecular complexity index is 514. The zero-order chi connectivity index (χ0) is 13.7. The molecule has 0 amide bonds. The number of hydrogen-bond donors (Lipinski definition) is 2. The molecular formula is C11H17N7O. The number of anilines is 2. The molecule has 102 valence electrons. The topological polar surface area (TPSA) is 92.0 Å². The molecule has 19 heavy (non-hydrogen) atoms. The van der Waals surface area contributed by atoms with Crippen molar-refractivity contribution < 1.29 is 5.11 Å². The van der Waals surface area contributed by atoms with Gasteiger partial charge in [0.25, 0.3) is 5.95 Å². The van der Waals surface area contributed by atoms with Crippen molar-refractivity contribution >= 4 is 11.9 Å². The molecule has 2 rings (SSSR count). The number of likely N-dealkylation sites (N-methyl/N-ethyl adjacent to an activating group) is 1. The zero-order valence-corrected chi connectivity index (χ0v) is 11.0. The summed E-state index contributed by atoms with van der Waals surface area (Å²) in [5, 5.41) is 16.1. The van der Waals surface area contributed by atoms with Crippen LogP contribution in [0.4, 0.5) is 11.9 Å². The van der Waals surface area contributed by atoms with Gasteiger partial charge in [-0.1, -0.05) is 0 Å². The Balaban J connectivity index is 2.37. The fraction of sp³-hybridized carbons (Fsp3) is 0.455. The lowest BCUT2D eigenvalue weighted by molar-refractivity contribution is 0.303. The first-order valence-electron chi connectivity index (χ1n) is 6.06. The first-order valence-corrected chi connectivity index (χ1v) is 6.06. The molecule has 0 aliphatic heterocycles. The molecule has 0 unspecified atom stereocenters. The quantitative estimate of drug-likeness (QED) is 0.753. The van der Waals surface area contributed by atoms with E-state index in [4.69, 9.17) is 5.11 Å². The molecule has 2 aromatic rings. The van der Waals surface area contributed by atoms with Gasteiger partial charge in [0.05, 0.1) is 6.61 Å². The number of aromatic nitrogens is 5. The van der Waals surface area contributed by atoms with Gasteiger partial charge in [-0.05, 0) is 13.0 Å². The van der Waals surface area contributed by atoms with Gasteiger partial charge >= 0.3 is 0 Å². The number of rotatable bonds is 6. The summed E-state index contributed by atoms with van der Waals surface area (Å²) in [5.74, 6) is 1.42. The predicted octanol–water partition coefficient (Wildman–Crippen LogP) is -0.0824. The van der Waals surface area contributed by atoms with Gasteiger partial charge in [-0.15, -0.1) is 0 Å². The summed E-state index contributed by atoms with van der Waals surface area (Å²) in [4.78, 5) is 14.7. The molecule has 2 N–H and O–H groups in total. The average molecular weight is 263 g/mol. The second kappa shape index (κ2) is 6.10. The molecule has 0 atom stereocenters. The van der Waals surface area contributed by atoms with Crippen LogP contribution in [0, 0.1) is 0 Å². The first-order chi connectivity index (χ1) is 9.24. The van der Waals surface area contributed by atoms with Crippen molar-refractivity contribution in [2.75, 3.05) is 37.0 Å². The Morgan fingerprint density at radius 3 is 2.84 bits per heavy atom. The maximum Gasteiger partial charge on any atom is 0.257 e. The summed E-state index contributed by atoms with van der Waals surface area (Å²) in [6.07, 6.45) is 3.43. The van der Waals surface area contributed by atoms with Gasteiger partial charge in [-0.25, -0.2) is 4.68 Å². The highest BCUT2D eigenvalue weighted by atomic mass is 16.3. The Morgan fingerprint density at radius 1 is 1.37 bits per heavy atom. The lowest BCUT2D eigenvalue weighted by Gasteiger charge is -2.16. The Hall–Kier alpha value is -2.22. The van der Waals surface area contributed by atoms with Gasteiger partial charge in [0.15, 0.2) is 0 Å². The van der Waals surface area contributed by atoms with E-state index in [2.05, 4.69) is 25.4 Å². The second-order valence-corrected chi connectivity index (χ2v) is 3.89. The van der Waals surface area contributed by atoms with E-state index in [1.807, 2.05) is 14.0 Å². The number of nitrogens with one attached hydrogen (secondary N) is 1. The fourth-order valence-electron chi connectivity index (χ4n) is 1.50. The lowest BCUT2D eigenvalue weighted by atomic mass is 10.6. The smallest absolute Gasteiger partial charge is 0.257 e. The molecule has 0 saturated carbocycles. The molecule has 8 nitrogen and oxygen atoms in total. The minimum absolute atomic E-state index is 0.0375. The van der Waals surface area contributed by atoms with Crippen LogP contribution >= 0.6 is 0 Å². The fourth-order valence-corrected chi connectivity index (χ4v) is 1.50. The summed E-state index contributed by atoms with van der Waals surface area (Å²) in [6, 6.07) is 1.80. The predicted molar refractivity (Wildman–Crippen MR) is 71.5 cm³/mol. The van der Waals surface area contributed by atoms with Crippen molar-refractivity contribution in [3.63, 3.8) is 0 Å². The van der Waals surface area contributed by atoms with E-state index >= 15 is 0 Å². The van der Waals surface area contributed by atoms with E-state index in [0.717, 1.165) is 0 Å². The third-order valence-electron chi connectivity index (χ3n) is 2.43. The van der Waals surface area contributed by atoms with E-state index in [0.29, 0.717) is 30.9 Å². The molecule has 0 radical (unpaired) electrons. The second-order valence-electron chi connectivity index (χ2n) is 3.89. The van der Waals surface area contributed by atoms with E-state index < -0.39 is 0 Å². The van der Waals surface area contributed by atoms with Crippen LogP contribution in [0.2, 0.25) is 0 Å². The molecule has 2 aromatic heterocycles. The highest BCUT2D eigenvalue weighted by molar-refractivity contribution is 5.39. The van der Waals surface area contributed by atoms with Gasteiger partial charge in [-0.3, -0.25) is 0 Å². The third kappa shape index (κ3) is 3.16. The standard InChI is InChI=1S/C11H17N7O/c1-3-12-9-14-10(17(2)7-8-19)16-11(15-9)18-6-4-5-13-18/h4-6,19H,3,7-8H2,1-2H3,(H,12,14,15,16). The van der Waals surface area contributed by atoms with Crippen LogP contribution in [0.25, 0.3) is 5.95 Å². The Labute approximate surface area is 111 Å².